The lowest BCUT2D eigenvalue weighted by Gasteiger charge is -2.13. The maximum absolute atomic E-state index is 13.1. The molecule has 5 nitrogen and oxygen atoms in total. The van der Waals surface area contributed by atoms with Crippen LogP contribution in [0.15, 0.2) is 60.7 Å². The fourth-order valence-corrected chi connectivity index (χ4v) is 2.46. The predicted molar refractivity (Wildman–Crippen MR) is 95.5 cm³/mol. The average molecular weight is 390 g/mol. The van der Waals surface area contributed by atoms with Gasteiger partial charge in [0.05, 0.1) is 17.7 Å². The minimum Gasteiger partial charge on any atom is -0.338 e. The van der Waals surface area contributed by atoms with Crippen molar-refractivity contribution in [3.8, 4) is 0 Å². The SMILES string of the molecule is O=C(Cc1cccc(F)c1)Nc1ccc(Nc2ccccc2C(F)(F)F)nn1. The molecule has 9 heteroatoms. The topological polar surface area (TPSA) is 66.9 Å². The van der Waals surface area contributed by atoms with E-state index in [1.165, 1.54) is 48.5 Å². The minimum absolute atomic E-state index is 0.0571. The summed E-state index contributed by atoms with van der Waals surface area (Å²) >= 11 is 0. The first-order valence-electron chi connectivity index (χ1n) is 8.12. The van der Waals surface area contributed by atoms with Gasteiger partial charge in [0.1, 0.15) is 5.82 Å². The summed E-state index contributed by atoms with van der Waals surface area (Å²) in [7, 11) is 0. The monoisotopic (exact) mass is 390 g/mol. The highest BCUT2D eigenvalue weighted by Crippen LogP contribution is 2.35. The van der Waals surface area contributed by atoms with Crippen molar-refractivity contribution in [3.05, 3.63) is 77.6 Å². The predicted octanol–water partition coefficient (Wildman–Crippen LogP) is 4.56. The zero-order valence-corrected chi connectivity index (χ0v) is 14.3. The van der Waals surface area contributed by atoms with Crippen molar-refractivity contribution in [2.24, 2.45) is 0 Å². The molecular weight excluding hydrogens is 376 g/mol. The highest BCUT2D eigenvalue weighted by atomic mass is 19.4. The Bertz CT molecular complexity index is 974. The first kappa shape index (κ1) is 19.3. The van der Waals surface area contributed by atoms with E-state index in [1.807, 2.05) is 0 Å². The van der Waals surface area contributed by atoms with Crippen LogP contribution < -0.4 is 10.6 Å². The van der Waals surface area contributed by atoms with Crippen molar-refractivity contribution < 1.29 is 22.4 Å². The molecule has 1 aromatic heterocycles. The van der Waals surface area contributed by atoms with Gasteiger partial charge in [-0.2, -0.15) is 13.2 Å². The molecule has 0 bridgehead atoms. The van der Waals surface area contributed by atoms with Crippen LogP contribution in [-0.4, -0.2) is 16.1 Å². The normalized spacial score (nSPS) is 11.1. The summed E-state index contributed by atoms with van der Waals surface area (Å²) in [6.45, 7) is 0. The van der Waals surface area contributed by atoms with Gasteiger partial charge < -0.3 is 10.6 Å². The smallest absolute Gasteiger partial charge is 0.338 e. The number of carbonyl (C=O) groups is 1. The average Bonchev–Trinajstić information content (AvgIpc) is 2.63. The molecule has 0 aliphatic rings. The molecule has 144 valence electrons. The van der Waals surface area contributed by atoms with Crippen molar-refractivity contribution in [1.82, 2.24) is 10.2 Å². The number of amides is 1. The van der Waals surface area contributed by atoms with Crippen LogP contribution in [0.1, 0.15) is 11.1 Å². The molecule has 2 N–H and O–H groups in total. The van der Waals surface area contributed by atoms with Gasteiger partial charge >= 0.3 is 6.18 Å². The molecule has 2 aromatic carbocycles. The van der Waals surface area contributed by atoms with E-state index in [1.54, 1.807) is 6.07 Å². The summed E-state index contributed by atoms with van der Waals surface area (Å²) in [6.07, 6.45) is -4.57. The quantitative estimate of drug-likeness (QED) is 0.627. The zero-order valence-electron chi connectivity index (χ0n) is 14.3. The number of hydrogen-bond acceptors (Lipinski definition) is 4. The Morgan fingerprint density at radius 3 is 2.32 bits per heavy atom. The standard InChI is InChI=1S/C19H14F4N4O/c20-13-5-3-4-12(10-13)11-18(28)25-17-9-8-16(26-27-17)24-15-7-2-1-6-14(15)19(21,22)23/h1-10H,11H2,(H,24,26)(H,25,27,28). The molecule has 1 heterocycles. The minimum atomic E-state index is -4.51. The second kappa shape index (κ2) is 8.03. The van der Waals surface area contributed by atoms with E-state index < -0.39 is 23.5 Å². The number of anilines is 3. The molecular formula is C19H14F4N4O. The summed E-state index contributed by atoms with van der Waals surface area (Å²) in [5, 5.41) is 12.6. The Morgan fingerprint density at radius 2 is 1.64 bits per heavy atom. The first-order valence-corrected chi connectivity index (χ1v) is 8.12. The number of aromatic nitrogens is 2. The fourth-order valence-electron chi connectivity index (χ4n) is 2.46. The number of hydrogen-bond donors (Lipinski definition) is 2. The van der Waals surface area contributed by atoms with Gasteiger partial charge in [-0.05, 0) is 42.0 Å². The van der Waals surface area contributed by atoms with Gasteiger partial charge in [0.15, 0.2) is 11.6 Å². The van der Waals surface area contributed by atoms with Gasteiger partial charge in [0, 0.05) is 0 Å². The summed E-state index contributed by atoms with van der Waals surface area (Å²) in [4.78, 5) is 12.0. The van der Waals surface area contributed by atoms with Gasteiger partial charge in [-0.3, -0.25) is 4.79 Å². The molecule has 0 unspecified atom stereocenters. The van der Waals surface area contributed by atoms with Gasteiger partial charge in [-0.1, -0.05) is 24.3 Å². The maximum atomic E-state index is 13.1. The molecule has 0 fully saturated rings. The number of benzene rings is 2. The van der Waals surface area contributed by atoms with Crippen LogP contribution in [-0.2, 0) is 17.4 Å². The van der Waals surface area contributed by atoms with Gasteiger partial charge in [0.2, 0.25) is 5.91 Å². The molecule has 0 spiro atoms. The molecule has 28 heavy (non-hydrogen) atoms. The fraction of sp³-hybridized carbons (Fsp3) is 0.105. The molecule has 3 aromatic rings. The lowest BCUT2D eigenvalue weighted by atomic mass is 10.1. The number of halogens is 4. The second-order valence-corrected chi connectivity index (χ2v) is 5.83. The molecule has 1 amide bonds. The zero-order chi connectivity index (χ0) is 20.1. The maximum Gasteiger partial charge on any atom is 0.418 e. The number of alkyl halides is 3. The second-order valence-electron chi connectivity index (χ2n) is 5.83. The largest absolute Gasteiger partial charge is 0.418 e. The van der Waals surface area contributed by atoms with E-state index in [0.717, 1.165) is 6.07 Å². The van der Waals surface area contributed by atoms with Gasteiger partial charge in [0.25, 0.3) is 0 Å². The van der Waals surface area contributed by atoms with E-state index >= 15 is 0 Å². The molecule has 0 radical (unpaired) electrons. The Labute approximate surface area is 157 Å². The highest BCUT2D eigenvalue weighted by molar-refractivity contribution is 5.91. The van der Waals surface area contributed by atoms with Crippen LogP contribution in [0.3, 0.4) is 0 Å². The van der Waals surface area contributed by atoms with Crippen LogP contribution in [0.4, 0.5) is 34.9 Å². The Balaban J connectivity index is 1.65. The summed E-state index contributed by atoms with van der Waals surface area (Å²) in [6, 6.07) is 13.4. The number of nitrogens with zero attached hydrogens (tertiary/aromatic N) is 2. The van der Waals surface area contributed by atoms with Crippen molar-refractivity contribution in [1.29, 1.82) is 0 Å². The van der Waals surface area contributed by atoms with Crippen LogP contribution >= 0.6 is 0 Å². The van der Waals surface area contributed by atoms with Crippen molar-refractivity contribution in [2.75, 3.05) is 10.6 Å². The third-order valence-corrected chi connectivity index (χ3v) is 3.68. The van der Waals surface area contributed by atoms with Crippen LogP contribution in [0.2, 0.25) is 0 Å². The molecule has 3 rings (SSSR count). The van der Waals surface area contributed by atoms with E-state index in [-0.39, 0.29) is 23.7 Å². The Hall–Kier alpha value is -3.49. The van der Waals surface area contributed by atoms with Gasteiger partial charge in [-0.15, -0.1) is 10.2 Å². The molecule has 0 aliphatic heterocycles. The lowest BCUT2D eigenvalue weighted by Crippen LogP contribution is -2.16. The number of para-hydroxylation sites is 1. The Morgan fingerprint density at radius 1 is 0.929 bits per heavy atom. The summed E-state index contributed by atoms with van der Waals surface area (Å²) in [5.74, 6) is -0.668. The van der Waals surface area contributed by atoms with E-state index in [0.29, 0.717) is 5.56 Å². The third kappa shape index (κ3) is 5.03. The van der Waals surface area contributed by atoms with Gasteiger partial charge in [-0.25, -0.2) is 4.39 Å². The molecule has 0 atom stereocenters. The van der Waals surface area contributed by atoms with E-state index in [2.05, 4.69) is 20.8 Å². The molecule has 0 aliphatic carbocycles. The number of carbonyl (C=O) groups excluding carboxylic acids is 1. The van der Waals surface area contributed by atoms with E-state index in [9.17, 15) is 22.4 Å². The van der Waals surface area contributed by atoms with Crippen molar-refractivity contribution in [2.45, 2.75) is 12.6 Å². The third-order valence-electron chi connectivity index (χ3n) is 3.68. The number of nitrogens with one attached hydrogen (secondary N) is 2. The van der Waals surface area contributed by atoms with Crippen LogP contribution in [0.5, 0.6) is 0 Å². The first-order chi connectivity index (χ1) is 13.3. The number of rotatable bonds is 5. The Kier molecular flexibility index (Phi) is 5.53. The van der Waals surface area contributed by atoms with Crippen LogP contribution in [0, 0.1) is 5.82 Å². The van der Waals surface area contributed by atoms with Crippen molar-refractivity contribution >= 4 is 23.2 Å². The summed E-state index contributed by atoms with van der Waals surface area (Å²) in [5.41, 5.74) is -0.496. The van der Waals surface area contributed by atoms with E-state index in [4.69, 9.17) is 0 Å². The highest BCUT2D eigenvalue weighted by Gasteiger charge is 2.33. The van der Waals surface area contributed by atoms with Crippen molar-refractivity contribution in [3.63, 3.8) is 0 Å². The lowest BCUT2D eigenvalue weighted by molar-refractivity contribution is -0.136. The molecule has 0 saturated heterocycles. The summed E-state index contributed by atoms with van der Waals surface area (Å²) < 4.78 is 52.2. The van der Waals surface area contributed by atoms with Crippen LogP contribution in [0.25, 0.3) is 0 Å². The molecule has 0 saturated carbocycles.